The molecule has 0 heterocycles. The van der Waals surface area contributed by atoms with Crippen molar-refractivity contribution in [1.82, 2.24) is 5.32 Å². The van der Waals surface area contributed by atoms with E-state index in [1.54, 1.807) is 6.07 Å². The molecule has 0 aliphatic heterocycles. The van der Waals surface area contributed by atoms with Crippen LogP contribution in [0.15, 0.2) is 24.3 Å². The highest BCUT2D eigenvalue weighted by atomic mass is 35.5. The Balaban J connectivity index is 3.03. The molecule has 0 bridgehead atoms. The zero-order chi connectivity index (χ0) is 10.8. The quantitative estimate of drug-likeness (QED) is 0.824. The van der Waals surface area contributed by atoms with Crippen LogP contribution in [0.3, 0.4) is 0 Å². The molecule has 0 fully saturated rings. The lowest BCUT2D eigenvalue weighted by molar-refractivity contribution is -0.0353. The Kier molecular flexibility index (Phi) is 3.45. The standard InChI is InChI=1S/C10H12ClF2N/c1-7(14-2)10(12,13)8-4-3-5-9(11)6-8/h3-7,14H,1-2H3. The lowest BCUT2D eigenvalue weighted by Gasteiger charge is -2.23. The molecule has 1 aromatic carbocycles. The summed E-state index contributed by atoms with van der Waals surface area (Å²) in [7, 11) is 1.50. The summed E-state index contributed by atoms with van der Waals surface area (Å²) in [6.45, 7) is 1.43. The summed E-state index contributed by atoms with van der Waals surface area (Å²) in [5.74, 6) is -2.90. The first kappa shape index (κ1) is 11.4. The maximum atomic E-state index is 13.6. The number of halogens is 3. The molecular formula is C10H12ClF2N. The Morgan fingerprint density at radius 2 is 2.07 bits per heavy atom. The van der Waals surface area contributed by atoms with Gasteiger partial charge in [-0.25, -0.2) is 0 Å². The molecule has 0 aromatic heterocycles. The Hall–Kier alpha value is -0.670. The predicted molar refractivity (Wildman–Crippen MR) is 53.9 cm³/mol. The average Bonchev–Trinajstić information content (AvgIpc) is 2.16. The molecule has 0 aliphatic carbocycles. The Bertz CT molecular complexity index is 315. The average molecular weight is 220 g/mol. The first-order chi connectivity index (χ1) is 6.48. The van der Waals surface area contributed by atoms with Crippen molar-refractivity contribution in [3.63, 3.8) is 0 Å². The van der Waals surface area contributed by atoms with Gasteiger partial charge in [-0.3, -0.25) is 0 Å². The fraction of sp³-hybridized carbons (Fsp3) is 0.400. The van der Waals surface area contributed by atoms with Crippen LogP contribution >= 0.6 is 11.6 Å². The summed E-state index contributed by atoms with van der Waals surface area (Å²) < 4.78 is 27.2. The number of hydrogen-bond acceptors (Lipinski definition) is 1. The van der Waals surface area contributed by atoms with Gasteiger partial charge in [0.25, 0.3) is 5.92 Å². The van der Waals surface area contributed by atoms with Crippen molar-refractivity contribution < 1.29 is 8.78 Å². The summed E-state index contributed by atoms with van der Waals surface area (Å²) in [6.07, 6.45) is 0. The van der Waals surface area contributed by atoms with Crippen LogP contribution in [0.5, 0.6) is 0 Å². The minimum atomic E-state index is -2.90. The molecule has 1 atom stereocenters. The van der Waals surface area contributed by atoms with Crippen molar-refractivity contribution in [3.05, 3.63) is 34.9 Å². The maximum Gasteiger partial charge on any atom is 0.287 e. The van der Waals surface area contributed by atoms with E-state index in [0.29, 0.717) is 5.02 Å². The van der Waals surface area contributed by atoms with Gasteiger partial charge in [-0.05, 0) is 26.1 Å². The van der Waals surface area contributed by atoms with Gasteiger partial charge in [-0.1, -0.05) is 23.7 Å². The van der Waals surface area contributed by atoms with Gasteiger partial charge in [0.05, 0.1) is 6.04 Å². The van der Waals surface area contributed by atoms with Gasteiger partial charge in [-0.15, -0.1) is 0 Å². The zero-order valence-corrected chi connectivity index (χ0v) is 8.78. The molecule has 1 N–H and O–H groups in total. The summed E-state index contributed by atoms with van der Waals surface area (Å²) in [4.78, 5) is 0. The van der Waals surface area contributed by atoms with Crippen molar-refractivity contribution >= 4 is 11.6 Å². The Morgan fingerprint density at radius 3 is 2.57 bits per heavy atom. The number of alkyl halides is 2. The van der Waals surface area contributed by atoms with E-state index in [0.717, 1.165) is 0 Å². The molecule has 1 unspecified atom stereocenters. The van der Waals surface area contributed by atoms with Gasteiger partial charge >= 0.3 is 0 Å². The van der Waals surface area contributed by atoms with Crippen molar-refractivity contribution in [3.8, 4) is 0 Å². The van der Waals surface area contributed by atoms with Crippen molar-refractivity contribution in [2.75, 3.05) is 7.05 Å². The molecule has 0 saturated carbocycles. The highest BCUT2D eigenvalue weighted by molar-refractivity contribution is 6.30. The monoisotopic (exact) mass is 219 g/mol. The number of rotatable bonds is 3. The summed E-state index contributed by atoms with van der Waals surface area (Å²) in [5.41, 5.74) is -0.0631. The molecule has 0 saturated heterocycles. The smallest absolute Gasteiger partial charge is 0.287 e. The maximum absolute atomic E-state index is 13.6. The Morgan fingerprint density at radius 1 is 1.43 bits per heavy atom. The summed E-state index contributed by atoms with van der Waals surface area (Å²) in [6, 6.07) is 4.84. The second-order valence-electron chi connectivity index (χ2n) is 3.14. The molecule has 1 aromatic rings. The van der Waals surface area contributed by atoms with E-state index in [-0.39, 0.29) is 5.56 Å². The van der Waals surface area contributed by atoms with Crippen LogP contribution < -0.4 is 5.32 Å². The lowest BCUT2D eigenvalue weighted by Crippen LogP contribution is -2.38. The molecular weight excluding hydrogens is 208 g/mol. The largest absolute Gasteiger partial charge is 0.312 e. The van der Waals surface area contributed by atoms with Gasteiger partial charge in [0.1, 0.15) is 0 Å². The molecule has 0 spiro atoms. The summed E-state index contributed by atoms with van der Waals surface area (Å²) >= 11 is 5.65. The highest BCUT2D eigenvalue weighted by Crippen LogP contribution is 2.32. The Labute approximate surface area is 87.1 Å². The third-order valence-corrected chi connectivity index (χ3v) is 2.42. The third kappa shape index (κ3) is 2.22. The molecule has 0 amide bonds. The molecule has 1 rings (SSSR count). The first-order valence-corrected chi connectivity index (χ1v) is 4.67. The minimum absolute atomic E-state index is 0.0631. The van der Waals surface area contributed by atoms with Gasteiger partial charge < -0.3 is 5.32 Å². The number of nitrogens with one attached hydrogen (secondary N) is 1. The van der Waals surface area contributed by atoms with Crippen molar-refractivity contribution in [2.24, 2.45) is 0 Å². The van der Waals surface area contributed by atoms with E-state index in [9.17, 15) is 8.78 Å². The van der Waals surface area contributed by atoms with E-state index in [2.05, 4.69) is 5.32 Å². The highest BCUT2D eigenvalue weighted by Gasteiger charge is 2.37. The molecule has 0 aliphatic rings. The van der Waals surface area contributed by atoms with Crippen LogP contribution in [0.25, 0.3) is 0 Å². The fourth-order valence-electron chi connectivity index (χ4n) is 1.13. The predicted octanol–water partition coefficient (Wildman–Crippen LogP) is 3.04. The molecule has 1 nitrogen and oxygen atoms in total. The number of hydrogen-bond donors (Lipinski definition) is 1. The lowest BCUT2D eigenvalue weighted by atomic mass is 10.0. The van der Waals surface area contributed by atoms with E-state index < -0.39 is 12.0 Å². The molecule has 14 heavy (non-hydrogen) atoms. The van der Waals surface area contributed by atoms with Gasteiger partial charge in [0.2, 0.25) is 0 Å². The second kappa shape index (κ2) is 4.24. The topological polar surface area (TPSA) is 12.0 Å². The second-order valence-corrected chi connectivity index (χ2v) is 3.58. The van der Waals surface area contributed by atoms with Crippen LogP contribution in [-0.4, -0.2) is 13.1 Å². The van der Waals surface area contributed by atoms with Crippen LogP contribution in [0.1, 0.15) is 12.5 Å². The zero-order valence-electron chi connectivity index (χ0n) is 8.02. The van der Waals surface area contributed by atoms with Gasteiger partial charge in [-0.2, -0.15) is 8.78 Å². The SMILES string of the molecule is CNC(C)C(F)(F)c1cccc(Cl)c1. The minimum Gasteiger partial charge on any atom is -0.312 e. The van der Waals surface area contributed by atoms with Crippen LogP contribution in [0.2, 0.25) is 5.02 Å². The van der Waals surface area contributed by atoms with E-state index >= 15 is 0 Å². The normalized spacial score (nSPS) is 14.1. The molecule has 4 heteroatoms. The third-order valence-electron chi connectivity index (χ3n) is 2.19. The van der Waals surface area contributed by atoms with E-state index in [1.807, 2.05) is 0 Å². The van der Waals surface area contributed by atoms with Crippen molar-refractivity contribution in [2.45, 2.75) is 18.9 Å². The van der Waals surface area contributed by atoms with Gasteiger partial charge in [0, 0.05) is 10.6 Å². The van der Waals surface area contributed by atoms with Crippen LogP contribution in [-0.2, 0) is 5.92 Å². The van der Waals surface area contributed by atoms with Crippen molar-refractivity contribution in [1.29, 1.82) is 0 Å². The van der Waals surface area contributed by atoms with Crippen LogP contribution in [0, 0.1) is 0 Å². The van der Waals surface area contributed by atoms with Crippen LogP contribution in [0.4, 0.5) is 8.78 Å². The first-order valence-electron chi connectivity index (χ1n) is 4.29. The molecule has 78 valence electrons. The number of benzene rings is 1. The number of likely N-dealkylation sites (N-methyl/N-ethyl adjacent to an activating group) is 1. The van der Waals surface area contributed by atoms with E-state index in [4.69, 9.17) is 11.6 Å². The van der Waals surface area contributed by atoms with Gasteiger partial charge in [0.15, 0.2) is 0 Å². The summed E-state index contributed by atoms with van der Waals surface area (Å²) in [5, 5.41) is 2.85. The van der Waals surface area contributed by atoms with E-state index in [1.165, 1.54) is 32.2 Å². The fourth-order valence-corrected chi connectivity index (χ4v) is 1.32. The molecule has 0 radical (unpaired) electrons.